The van der Waals surface area contributed by atoms with Crippen LogP contribution < -0.4 is 15.4 Å². The van der Waals surface area contributed by atoms with E-state index in [1.54, 1.807) is 31.4 Å². The summed E-state index contributed by atoms with van der Waals surface area (Å²) in [5.74, 6) is 0.491. The molecule has 3 aromatic rings. The van der Waals surface area contributed by atoms with Gasteiger partial charge in [0.25, 0.3) is 0 Å². The first-order valence-electron chi connectivity index (χ1n) is 11.2. The van der Waals surface area contributed by atoms with Crippen molar-refractivity contribution < 1.29 is 17.9 Å². The molecule has 1 aliphatic rings. The fourth-order valence-corrected chi connectivity index (χ4v) is 5.76. The monoisotopic (exact) mass is 513 g/mol. The molecule has 0 spiro atoms. The van der Waals surface area contributed by atoms with Crippen molar-refractivity contribution in [3.63, 3.8) is 0 Å². The molecule has 184 valence electrons. The molecule has 9 heteroatoms. The Morgan fingerprint density at radius 1 is 1.06 bits per heavy atom. The first kappa shape index (κ1) is 25.0. The van der Waals surface area contributed by atoms with Gasteiger partial charge in [-0.1, -0.05) is 35.9 Å². The number of ether oxygens (including phenoxy) is 1. The van der Waals surface area contributed by atoms with Crippen LogP contribution in [0.25, 0.3) is 0 Å². The zero-order chi connectivity index (χ0) is 25.2. The van der Waals surface area contributed by atoms with E-state index >= 15 is 0 Å². The van der Waals surface area contributed by atoms with Crippen LogP contribution >= 0.6 is 11.6 Å². The van der Waals surface area contributed by atoms with Crippen molar-refractivity contribution in [2.75, 3.05) is 19.5 Å². The molecule has 3 aromatic carbocycles. The third kappa shape index (κ3) is 5.96. The van der Waals surface area contributed by atoms with Crippen LogP contribution in [0.1, 0.15) is 35.2 Å². The molecule has 0 aliphatic carbocycles. The number of fused-ring (bicyclic) bond motifs is 1. The summed E-state index contributed by atoms with van der Waals surface area (Å²) in [6.07, 6.45) is 0. The number of nitrogens with one attached hydrogen (secondary N) is 2. The molecule has 2 N–H and O–H groups in total. The second-order valence-corrected chi connectivity index (χ2v) is 11.2. The summed E-state index contributed by atoms with van der Waals surface area (Å²) < 4.78 is 31.0. The number of amides is 2. The summed E-state index contributed by atoms with van der Waals surface area (Å²) in [5.41, 5.74) is 4.50. The van der Waals surface area contributed by atoms with Gasteiger partial charge in [0.1, 0.15) is 5.75 Å². The van der Waals surface area contributed by atoms with Crippen LogP contribution in [0.5, 0.6) is 5.75 Å². The average Bonchev–Trinajstić information content (AvgIpc) is 3.18. The second kappa shape index (κ2) is 10.3. The van der Waals surface area contributed by atoms with Crippen molar-refractivity contribution in [2.24, 2.45) is 0 Å². The summed E-state index contributed by atoms with van der Waals surface area (Å²) >= 11 is 6.17. The first-order chi connectivity index (χ1) is 16.6. The van der Waals surface area contributed by atoms with E-state index in [1.807, 2.05) is 38.2 Å². The van der Waals surface area contributed by atoms with Gasteiger partial charge in [-0.05, 0) is 72.6 Å². The molecular weight excluding hydrogens is 486 g/mol. The van der Waals surface area contributed by atoms with Gasteiger partial charge in [-0.3, -0.25) is 4.90 Å². The molecule has 1 unspecified atom stereocenters. The van der Waals surface area contributed by atoms with Crippen molar-refractivity contribution in [3.05, 3.63) is 87.9 Å². The van der Waals surface area contributed by atoms with Crippen LogP contribution in [0.3, 0.4) is 0 Å². The highest BCUT2D eigenvalue weighted by Crippen LogP contribution is 2.28. The van der Waals surface area contributed by atoms with Crippen molar-refractivity contribution in [1.82, 2.24) is 10.2 Å². The lowest BCUT2D eigenvalue weighted by molar-refractivity contribution is 0.249. The third-order valence-electron chi connectivity index (χ3n) is 6.00. The second-order valence-electron chi connectivity index (χ2n) is 8.77. The number of hydrogen-bond acceptors (Lipinski definition) is 5. The van der Waals surface area contributed by atoms with Gasteiger partial charge in [0, 0.05) is 18.8 Å². The average molecular weight is 514 g/mol. The zero-order valence-corrected chi connectivity index (χ0v) is 21.4. The highest BCUT2D eigenvalue weighted by atomic mass is 35.5. The van der Waals surface area contributed by atoms with Crippen molar-refractivity contribution in [1.29, 1.82) is 0 Å². The molecule has 0 aromatic heterocycles. The number of anilines is 1. The van der Waals surface area contributed by atoms with Crippen molar-refractivity contribution in [3.8, 4) is 5.75 Å². The summed E-state index contributed by atoms with van der Waals surface area (Å²) in [6.45, 7) is 3.55. The molecule has 0 fully saturated rings. The van der Waals surface area contributed by atoms with E-state index in [-0.39, 0.29) is 16.7 Å². The van der Waals surface area contributed by atoms with E-state index in [0.29, 0.717) is 16.5 Å². The molecule has 0 saturated carbocycles. The van der Waals surface area contributed by atoms with Crippen molar-refractivity contribution >= 4 is 33.2 Å². The van der Waals surface area contributed by atoms with E-state index in [9.17, 15) is 13.2 Å². The van der Waals surface area contributed by atoms with E-state index in [0.717, 1.165) is 24.2 Å². The number of carbonyl (C=O) groups excluding carboxylic acids is 1. The number of carbonyl (C=O) groups is 1. The minimum atomic E-state index is -3.52. The Bertz CT molecular complexity index is 1340. The Morgan fingerprint density at radius 3 is 2.46 bits per heavy atom. The van der Waals surface area contributed by atoms with Crippen LogP contribution in [0.4, 0.5) is 10.5 Å². The Morgan fingerprint density at radius 2 is 1.77 bits per heavy atom. The summed E-state index contributed by atoms with van der Waals surface area (Å²) in [7, 11) is 0.0642. The standard InChI is InChI=1S/C26H28ClN3O4S/c1-17(19-6-11-25(34-3)24(27)13-19)28-26(31)29-22-7-9-23(10-8-22)35(32,33)16-18-4-5-20-14-30(2)15-21(20)12-18/h4-13,17H,14-16H2,1-3H3,(H2,28,29,31). The van der Waals surface area contributed by atoms with Gasteiger partial charge >= 0.3 is 6.03 Å². The fourth-order valence-electron chi connectivity index (χ4n) is 4.16. The van der Waals surface area contributed by atoms with Crippen molar-refractivity contribution in [2.45, 2.75) is 36.7 Å². The number of sulfone groups is 1. The normalized spacial score (nSPS) is 14.3. The predicted octanol–water partition coefficient (Wildman–Crippen LogP) is 5.15. The molecule has 4 rings (SSSR count). The largest absolute Gasteiger partial charge is 0.495 e. The summed E-state index contributed by atoms with van der Waals surface area (Å²) in [6, 6.07) is 16.7. The van der Waals surface area contributed by atoms with Gasteiger partial charge in [-0.25, -0.2) is 13.2 Å². The first-order valence-corrected chi connectivity index (χ1v) is 13.2. The van der Waals surface area contributed by atoms with Gasteiger partial charge in [0.2, 0.25) is 0 Å². The Balaban J connectivity index is 1.37. The minimum Gasteiger partial charge on any atom is -0.495 e. The number of urea groups is 1. The number of nitrogens with zero attached hydrogens (tertiary/aromatic N) is 1. The maximum atomic E-state index is 12.9. The van der Waals surface area contributed by atoms with Gasteiger partial charge in [-0.15, -0.1) is 0 Å². The number of methoxy groups -OCH3 is 1. The fraction of sp³-hybridized carbons (Fsp3) is 0.269. The van der Waals surface area contributed by atoms with Crippen LogP contribution in [0, 0.1) is 0 Å². The SMILES string of the molecule is COc1ccc(C(C)NC(=O)Nc2ccc(S(=O)(=O)Cc3ccc4c(c3)CN(C)C4)cc2)cc1Cl. The molecule has 0 radical (unpaired) electrons. The number of hydrogen-bond donors (Lipinski definition) is 2. The molecule has 0 bridgehead atoms. The highest BCUT2D eigenvalue weighted by Gasteiger charge is 2.20. The lowest BCUT2D eigenvalue weighted by Crippen LogP contribution is -2.31. The van der Waals surface area contributed by atoms with E-state index in [4.69, 9.17) is 16.3 Å². The maximum absolute atomic E-state index is 12.9. The quantitative estimate of drug-likeness (QED) is 0.456. The third-order valence-corrected chi connectivity index (χ3v) is 8.00. The Hall–Kier alpha value is -3.07. The predicted molar refractivity (Wildman–Crippen MR) is 138 cm³/mol. The molecule has 7 nitrogen and oxygen atoms in total. The van der Waals surface area contributed by atoms with Crippen LogP contribution in [0.15, 0.2) is 65.6 Å². The number of rotatable bonds is 7. The minimum absolute atomic E-state index is 0.0702. The zero-order valence-electron chi connectivity index (χ0n) is 19.8. The smallest absolute Gasteiger partial charge is 0.319 e. The van der Waals surface area contributed by atoms with Gasteiger partial charge in [0.05, 0.1) is 28.8 Å². The van der Waals surface area contributed by atoms with Gasteiger partial charge < -0.3 is 15.4 Å². The lowest BCUT2D eigenvalue weighted by atomic mass is 10.1. The highest BCUT2D eigenvalue weighted by molar-refractivity contribution is 7.90. The molecule has 35 heavy (non-hydrogen) atoms. The number of halogens is 1. The summed E-state index contributed by atoms with van der Waals surface area (Å²) in [4.78, 5) is 14.8. The topological polar surface area (TPSA) is 87.7 Å². The molecule has 0 saturated heterocycles. The molecule has 1 aliphatic heterocycles. The van der Waals surface area contributed by atoms with Crippen LogP contribution in [0.2, 0.25) is 5.02 Å². The maximum Gasteiger partial charge on any atom is 0.319 e. The van der Waals surface area contributed by atoms with Gasteiger partial charge in [0.15, 0.2) is 9.84 Å². The van der Waals surface area contributed by atoms with E-state index in [2.05, 4.69) is 15.5 Å². The molecule has 2 amide bonds. The molecule has 1 atom stereocenters. The Labute approximate surface area is 211 Å². The van der Waals surface area contributed by atoms with Gasteiger partial charge in [-0.2, -0.15) is 0 Å². The van der Waals surface area contributed by atoms with E-state index in [1.165, 1.54) is 23.3 Å². The van der Waals surface area contributed by atoms with Crippen LogP contribution in [-0.2, 0) is 28.7 Å². The molecule has 1 heterocycles. The summed E-state index contributed by atoms with van der Waals surface area (Å²) in [5, 5.41) is 6.03. The lowest BCUT2D eigenvalue weighted by Gasteiger charge is -2.16. The van der Waals surface area contributed by atoms with E-state index < -0.39 is 15.9 Å². The number of benzene rings is 3. The Kier molecular flexibility index (Phi) is 7.35. The molecular formula is C26H28ClN3O4S. The van der Waals surface area contributed by atoms with Crippen LogP contribution in [-0.4, -0.2) is 33.5 Å².